The number of carbonyl (C=O) groups is 3. The third-order valence-corrected chi connectivity index (χ3v) is 11.6. The Kier molecular flexibility index (Phi) is 7.45. The molecule has 5 heterocycles. The number of aliphatic hydroxyl groups excluding tert-OH is 1. The molecule has 2 fully saturated rings. The van der Waals surface area contributed by atoms with Crippen LogP contribution in [0.1, 0.15) is 17.2 Å². The molecule has 4 aromatic rings. The smallest absolute Gasteiger partial charge is 0.248 e. The van der Waals surface area contributed by atoms with Gasteiger partial charge in [-0.1, -0.05) is 102 Å². The molecule has 1 unspecified atom stereocenters. The summed E-state index contributed by atoms with van der Waals surface area (Å²) >= 11 is 1.53. The fourth-order valence-electron chi connectivity index (χ4n) is 7.80. The number of thioether (sulfide) groups is 1. The van der Waals surface area contributed by atoms with Gasteiger partial charge in [-0.25, -0.2) is 4.68 Å². The summed E-state index contributed by atoms with van der Waals surface area (Å²) in [5, 5.41) is 19.1. The number of hydrogen-bond acceptors (Lipinski definition) is 7. The Balaban J connectivity index is 1.21. The predicted molar refractivity (Wildman–Crippen MR) is 177 cm³/mol. The Morgan fingerprint density at radius 2 is 1.57 bits per heavy atom. The lowest BCUT2D eigenvalue weighted by Crippen LogP contribution is -2.54. The molecule has 2 saturated heterocycles. The van der Waals surface area contributed by atoms with Crippen LogP contribution in [0.2, 0.25) is 0 Å². The first-order valence-electron chi connectivity index (χ1n) is 15.9. The number of amides is 3. The molecule has 0 saturated carbocycles. The molecule has 1 aromatic heterocycles. The number of benzene rings is 3. The van der Waals surface area contributed by atoms with Crippen LogP contribution in [-0.2, 0) is 27.6 Å². The minimum atomic E-state index is -1.01. The molecule has 1 N–H and O–H groups in total. The summed E-state index contributed by atoms with van der Waals surface area (Å²) < 4.78 is 0.679. The third kappa shape index (κ3) is 4.79. The topological polar surface area (TPSA) is 112 Å². The second-order valence-corrected chi connectivity index (χ2v) is 14.0. The van der Waals surface area contributed by atoms with Crippen molar-refractivity contribution in [3.63, 3.8) is 0 Å². The number of likely N-dealkylation sites (tertiary alicyclic amines) is 1. The maximum Gasteiger partial charge on any atom is 0.248 e. The fourth-order valence-corrected chi connectivity index (χ4v) is 9.79. The van der Waals surface area contributed by atoms with Gasteiger partial charge >= 0.3 is 0 Å². The van der Waals surface area contributed by atoms with Crippen LogP contribution >= 0.6 is 11.8 Å². The van der Waals surface area contributed by atoms with Crippen molar-refractivity contribution in [1.29, 1.82) is 0 Å². The van der Waals surface area contributed by atoms with E-state index < -0.39 is 28.7 Å². The maximum absolute atomic E-state index is 14.9. The molecule has 10 nitrogen and oxygen atoms in total. The van der Waals surface area contributed by atoms with E-state index in [1.54, 1.807) is 14.5 Å². The zero-order valence-corrected chi connectivity index (χ0v) is 26.4. The average molecular weight is 647 g/mol. The van der Waals surface area contributed by atoms with Gasteiger partial charge in [0.05, 0.1) is 34.7 Å². The second-order valence-electron chi connectivity index (χ2n) is 12.5. The molecule has 11 heteroatoms. The molecular formula is C36H34N6O4S. The van der Waals surface area contributed by atoms with Crippen molar-refractivity contribution in [3.8, 4) is 0 Å². The normalized spacial score (nSPS) is 27.5. The number of fused-ring (bicyclic) bond motifs is 3. The van der Waals surface area contributed by atoms with Crippen LogP contribution in [-0.4, -0.2) is 88.3 Å². The van der Waals surface area contributed by atoms with E-state index in [9.17, 15) is 19.5 Å². The van der Waals surface area contributed by atoms with Gasteiger partial charge < -0.3 is 19.8 Å². The molecule has 6 atom stereocenters. The lowest BCUT2D eigenvalue weighted by molar-refractivity contribution is -0.147. The van der Waals surface area contributed by atoms with Gasteiger partial charge in [0.1, 0.15) is 18.2 Å². The Bertz CT molecular complexity index is 1900. The Hall–Kier alpha value is -4.74. The molecule has 3 amide bonds. The summed E-state index contributed by atoms with van der Waals surface area (Å²) in [6.07, 6.45) is 8.01. The average Bonchev–Trinajstić information content (AvgIpc) is 3.66. The van der Waals surface area contributed by atoms with E-state index in [1.165, 1.54) is 11.8 Å². The quantitative estimate of drug-likeness (QED) is 0.307. The van der Waals surface area contributed by atoms with E-state index in [-0.39, 0.29) is 36.2 Å². The minimum Gasteiger partial charge on any atom is -0.394 e. The van der Waals surface area contributed by atoms with E-state index in [2.05, 4.69) is 10.3 Å². The fraction of sp³-hybridized carbons (Fsp3) is 0.306. The molecule has 0 radical (unpaired) electrons. The molecule has 8 rings (SSSR count). The number of aliphatic hydroxyl groups is 1. The highest BCUT2D eigenvalue weighted by molar-refractivity contribution is 8.02. The number of nitrogens with zero attached hydrogens (tertiary/aromatic N) is 6. The second kappa shape index (κ2) is 11.8. The number of para-hydroxylation sites is 1. The molecule has 4 aliphatic rings. The summed E-state index contributed by atoms with van der Waals surface area (Å²) in [5.74, 6) is -2.08. The molecule has 4 aliphatic heterocycles. The zero-order valence-electron chi connectivity index (χ0n) is 25.6. The number of aromatic nitrogens is 3. The lowest BCUT2D eigenvalue weighted by Gasteiger charge is -2.38. The largest absolute Gasteiger partial charge is 0.394 e. The highest BCUT2D eigenvalue weighted by Gasteiger charge is 2.71. The first-order valence-corrected chi connectivity index (χ1v) is 16.8. The van der Waals surface area contributed by atoms with Gasteiger partial charge in [-0.15, -0.1) is 16.9 Å². The highest BCUT2D eigenvalue weighted by atomic mass is 32.2. The number of carbonyl (C=O) groups excluding carboxylic acids is 3. The molecule has 238 valence electrons. The molecule has 0 aliphatic carbocycles. The molecule has 47 heavy (non-hydrogen) atoms. The minimum absolute atomic E-state index is 0.0940. The van der Waals surface area contributed by atoms with Crippen LogP contribution in [0.4, 0.5) is 0 Å². The Labute approximate surface area is 276 Å². The lowest BCUT2D eigenvalue weighted by atomic mass is 9.78. The summed E-state index contributed by atoms with van der Waals surface area (Å²) in [5.41, 5.74) is 3.26. The number of rotatable bonds is 7. The van der Waals surface area contributed by atoms with Gasteiger partial charge in [0.2, 0.25) is 17.7 Å². The van der Waals surface area contributed by atoms with Crippen molar-refractivity contribution in [2.45, 2.75) is 35.3 Å². The first kappa shape index (κ1) is 29.6. The third-order valence-electron chi connectivity index (χ3n) is 9.90. The van der Waals surface area contributed by atoms with Gasteiger partial charge in [0.15, 0.2) is 0 Å². The van der Waals surface area contributed by atoms with E-state index in [4.69, 9.17) is 0 Å². The van der Waals surface area contributed by atoms with Gasteiger partial charge in [-0.2, -0.15) is 0 Å². The van der Waals surface area contributed by atoms with Crippen molar-refractivity contribution in [1.82, 2.24) is 29.7 Å². The summed E-state index contributed by atoms with van der Waals surface area (Å²) in [7, 11) is 0. The van der Waals surface area contributed by atoms with Gasteiger partial charge in [-0.3, -0.25) is 14.4 Å². The molecular weight excluding hydrogens is 613 g/mol. The van der Waals surface area contributed by atoms with Crippen LogP contribution < -0.4 is 0 Å². The van der Waals surface area contributed by atoms with Crippen LogP contribution in [0.3, 0.4) is 0 Å². The van der Waals surface area contributed by atoms with Crippen LogP contribution in [0, 0.1) is 11.8 Å². The summed E-state index contributed by atoms with van der Waals surface area (Å²) in [6, 6.07) is 25.0. The molecule has 3 aromatic carbocycles. The van der Waals surface area contributed by atoms with Crippen LogP contribution in [0.5, 0.6) is 0 Å². The van der Waals surface area contributed by atoms with Crippen molar-refractivity contribution >= 4 is 40.5 Å². The first-order chi connectivity index (χ1) is 23.0. The SMILES string of the molecule is O=C1C2N([C@H](CO)c3ccccc3)C(=O)[C@@H]3[C@@H]4C(=O)N(Cc5ccccc5)CC=C[C@@H]4S[C@]23C=CCN1Cn1nnc2ccccc21. The monoisotopic (exact) mass is 646 g/mol. The van der Waals surface area contributed by atoms with Gasteiger partial charge in [-0.05, 0) is 23.3 Å². The standard InChI is InChI=1S/C36H34N6O4S/c43-22-28(25-13-5-2-6-14-25)42-32-35(46)40(23-41-27-16-8-7-15-26(27)37-38-41)20-10-18-36(32)31(34(42)45)30-29(47-36)17-9-19-39(33(30)44)21-24-11-3-1-4-12-24/h1-18,28-32,43H,19-23H2/t28-,29+,30-,31+,32?,36+/m1/s1. The molecule has 1 spiro atoms. The van der Waals surface area contributed by atoms with E-state index in [0.29, 0.717) is 19.6 Å². The van der Waals surface area contributed by atoms with Gasteiger partial charge in [0.25, 0.3) is 0 Å². The van der Waals surface area contributed by atoms with Crippen LogP contribution in [0.15, 0.2) is 109 Å². The van der Waals surface area contributed by atoms with Crippen molar-refractivity contribution in [2.24, 2.45) is 11.8 Å². The molecule has 0 bridgehead atoms. The van der Waals surface area contributed by atoms with E-state index >= 15 is 0 Å². The van der Waals surface area contributed by atoms with Crippen LogP contribution in [0.25, 0.3) is 11.0 Å². The van der Waals surface area contributed by atoms with Crippen molar-refractivity contribution in [3.05, 3.63) is 120 Å². The Morgan fingerprint density at radius 1 is 0.851 bits per heavy atom. The highest BCUT2D eigenvalue weighted by Crippen LogP contribution is 2.62. The van der Waals surface area contributed by atoms with Crippen molar-refractivity contribution in [2.75, 3.05) is 19.7 Å². The summed E-state index contributed by atoms with van der Waals surface area (Å²) in [6.45, 7) is 0.942. The van der Waals surface area contributed by atoms with Crippen molar-refractivity contribution < 1.29 is 19.5 Å². The van der Waals surface area contributed by atoms with Gasteiger partial charge in [0, 0.05) is 24.9 Å². The zero-order chi connectivity index (χ0) is 32.1. The predicted octanol–water partition coefficient (Wildman–Crippen LogP) is 3.42. The summed E-state index contributed by atoms with van der Waals surface area (Å²) in [4.78, 5) is 49.4. The maximum atomic E-state index is 14.9. The Morgan fingerprint density at radius 3 is 2.36 bits per heavy atom. The van der Waals surface area contributed by atoms with E-state index in [0.717, 1.165) is 22.2 Å². The van der Waals surface area contributed by atoms with E-state index in [1.807, 2.05) is 114 Å². The number of hydrogen-bond donors (Lipinski definition) is 1.